The number of nitrogens with zero attached hydrogens (tertiary/aromatic N) is 4. The molecule has 3 heterocycles. The first-order chi connectivity index (χ1) is 15.2. The Bertz CT molecular complexity index is 1110. The molecule has 160 valence electrons. The highest BCUT2D eigenvalue weighted by Crippen LogP contribution is 2.21. The molecule has 3 amide bonds. The van der Waals surface area contributed by atoms with Gasteiger partial charge < -0.3 is 15.1 Å². The van der Waals surface area contributed by atoms with Crippen LogP contribution in [0.25, 0.3) is 10.8 Å². The first-order valence-corrected chi connectivity index (χ1v) is 11.0. The monoisotopic (exact) mass is 417 g/mol. The molecule has 1 N–H and O–H groups in total. The zero-order valence-electron chi connectivity index (χ0n) is 17.6. The Morgan fingerprint density at radius 3 is 2.55 bits per heavy atom. The Kier molecular flexibility index (Phi) is 5.32. The number of aromatic nitrogens is 2. The number of amides is 3. The zero-order chi connectivity index (χ0) is 21.2. The summed E-state index contributed by atoms with van der Waals surface area (Å²) >= 11 is 0. The number of carbonyl (C=O) groups is 2. The minimum Gasteiger partial charge on any atom is -0.335 e. The summed E-state index contributed by atoms with van der Waals surface area (Å²) in [4.78, 5) is 29.3. The van der Waals surface area contributed by atoms with Gasteiger partial charge in [0.05, 0.1) is 17.5 Å². The highest BCUT2D eigenvalue weighted by Gasteiger charge is 2.28. The van der Waals surface area contributed by atoms with Gasteiger partial charge in [-0.25, -0.2) is 4.79 Å². The van der Waals surface area contributed by atoms with Crippen molar-refractivity contribution >= 4 is 22.7 Å². The number of nitrogens with one attached hydrogen (secondary N) is 1. The van der Waals surface area contributed by atoms with Crippen LogP contribution in [0.1, 0.15) is 34.5 Å². The first-order valence-electron chi connectivity index (χ1n) is 11.0. The van der Waals surface area contributed by atoms with E-state index < -0.39 is 0 Å². The number of hydrogen-bond donors (Lipinski definition) is 1. The molecule has 1 saturated heterocycles. The van der Waals surface area contributed by atoms with Crippen molar-refractivity contribution in [2.45, 2.75) is 32.4 Å². The van der Waals surface area contributed by atoms with Gasteiger partial charge in [0.1, 0.15) is 0 Å². The molecule has 7 nitrogen and oxygen atoms in total. The molecule has 0 spiro atoms. The number of benzene rings is 2. The van der Waals surface area contributed by atoms with Crippen molar-refractivity contribution in [3.63, 3.8) is 0 Å². The van der Waals surface area contributed by atoms with Crippen molar-refractivity contribution in [2.24, 2.45) is 0 Å². The molecule has 5 rings (SSSR count). The van der Waals surface area contributed by atoms with Gasteiger partial charge in [-0.1, -0.05) is 42.5 Å². The topological polar surface area (TPSA) is 70.5 Å². The lowest BCUT2D eigenvalue weighted by molar-refractivity contribution is 0.0663. The zero-order valence-corrected chi connectivity index (χ0v) is 17.6. The van der Waals surface area contributed by atoms with E-state index in [2.05, 4.69) is 28.6 Å². The van der Waals surface area contributed by atoms with Crippen LogP contribution in [0.4, 0.5) is 4.79 Å². The Hall–Kier alpha value is -3.35. The molecular weight excluding hydrogens is 390 g/mol. The Balaban J connectivity index is 1.17. The van der Waals surface area contributed by atoms with Gasteiger partial charge in [-0.15, -0.1) is 0 Å². The van der Waals surface area contributed by atoms with Gasteiger partial charge >= 0.3 is 6.03 Å². The molecule has 3 aromatic rings. The fourth-order valence-electron chi connectivity index (χ4n) is 4.61. The maximum absolute atomic E-state index is 13.0. The normalized spacial score (nSPS) is 16.3. The third-order valence-corrected chi connectivity index (χ3v) is 6.38. The van der Waals surface area contributed by atoms with Crippen LogP contribution in [0.15, 0.2) is 48.7 Å². The van der Waals surface area contributed by atoms with Crippen molar-refractivity contribution < 1.29 is 9.59 Å². The number of rotatable bonds is 3. The predicted molar refractivity (Wildman–Crippen MR) is 119 cm³/mol. The van der Waals surface area contributed by atoms with Gasteiger partial charge in [0, 0.05) is 39.3 Å². The predicted octanol–water partition coefficient (Wildman–Crippen LogP) is 3.04. The van der Waals surface area contributed by atoms with Crippen LogP contribution in [-0.4, -0.2) is 57.7 Å². The Morgan fingerprint density at radius 1 is 0.903 bits per heavy atom. The SMILES string of the molecule is O=C(NCc1cccc2ccccc12)N1CCN(C(=O)c2cnn3c2CCCC3)CC1. The van der Waals surface area contributed by atoms with Gasteiger partial charge in [-0.3, -0.25) is 9.48 Å². The van der Waals surface area contributed by atoms with Crippen LogP contribution < -0.4 is 5.32 Å². The van der Waals surface area contributed by atoms with E-state index in [1.807, 2.05) is 33.8 Å². The standard InChI is InChI=1S/C24H27N5O2/c30-23(21-17-26-29-11-4-3-10-22(21)29)27-12-14-28(15-13-27)24(31)25-16-19-8-5-7-18-6-1-2-9-20(18)19/h1-2,5-9,17H,3-4,10-16H2,(H,25,31). The van der Waals surface area contributed by atoms with Gasteiger partial charge in [0.15, 0.2) is 0 Å². The van der Waals surface area contributed by atoms with Gasteiger partial charge in [0.2, 0.25) is 0 Å². The van der Waals surface area contributed by atoms with Crippen LogP contribution >= 0.6 is 0 Å². The molecule has 1 fully saturated rings. The summed E-state index contributed by atoms with van der Waals surface area (Å²) < 4.78 is 1.97. The molecule has 1 aromatic heterocycles. The molecule has 0 aliphatic carbocycles. The van der Waals surface area contributed by atoms with E-state index in [1.165, 1.54) is 5.39 Å². The Labute approximate surface area is 181 Å². The van der Waals surface area contributed by atoms with E-state index in [1.54, 1.807) is 11.1 Å². The maximum Gasteiger partial charge on any atom is 0.317 e. The second-order valence-electron chi connectivity index (χ2n) is 8.26. The summed E-state index contributed by atoms with van der Waals surface area (Å²) in [6.07, 6.45) is 4.86. The average Bonchev–Trinajstić information content (AvgIpc) is 3.26. The summed E-state index contributed by atoms with van der Waals surface area (Å²) in [5.41, 5.74) is 2.89. The second kappa shape index (κ2) is 8.41. The van der Waals surface area contributed by atoms with Gasteiger partial charge in [-0.2, -0.15) is 5.10 Å². The summed E-state index contributed by atoms with van der Waals surface area (Å²) in [7, 11) is 0. The molecule has 2 aliphatic heterocycles. The van der Waals surface area contributed by atoms with E-state index in [0.29, 0.717) is 32.7 Å². The molecule has 2 aromatic carbocycles. The fraction of sp³-hybridized carbons (Fsp3) is 0.375. The lowest BCUT2D eigenvalue weighted by Gasteiger charge is -2.34. The molecule has 7 heteroatoms. The van der Waals surface area contributed by atoms with Crippen molar-refractivity contribution in [3.8, 4) is 0 Å². The van der Waals surface area contributed by atoms with Crippen LogP contribution in [0.3, 0.4) is 0 Å². The summed E-state index contributed by atoms with van der Waals surface area (Å²) in [5.74, 6) is 0.0407. The first kappa shape index (κ1) is 19.6. The van der Waals surface area contributed by atoms with Crippen LogP contribution in [0, 0.1) is 0 Å². The van der Waals surface area contributed by atoms with E-state index in [-0.39, 0.29) is 11.9 Å². The lowest BCUT2D eigenvalue weighted by atomic mass is 10.0. The third kappa shape index (κ3) is 3.87. The van der Waals surface area contributed by atoms with Crippen molar-refractivity contribution in [3.05, 3.63) is 65.5 Å². The minimum atomic E-state index is -0.0806. The number of aryl methyl sites for hydroxylation is 1. The molecule has 0 atom stereocenters. The molecule has 0 saturated carbocycles. The van der Waals surface area contributed by atoms with Crippen LogP contribution in [-0.2, 0) is 19.5 Å². The van der Waals surface area contributed by atoms with Gasteiger partial charge in [-0.05, 0) is 35.6 Å². The number of piperazine rings is 1. The second-order valence-corrected chi connectivity index (χ2v) is 8.26. The van der Waals surface area contributed by atoms with Crippen molar-refractivity contribution in [2.75, 3.05) is 26.2 Å². The quantitative estimate of drug-likeness (QED) is 0.712. The largest absolute Gasteiger partial charge is 0.335 e. The number of fused-ring (bicyclic) bond motifs is 2. The van der Waals surface area contributed by atoms with Crippen LogP contribution in [0.5, 0.6) is 0 Å². The number of carbonyl (C=O) groups excluding carboxylic acids is 2. The van der Waals surface area contributed by atoms with E-state index in [0.717, 1.165) is 48.0 Å². The molecular formula is C24H27N5O2. The average molecular weight is 418 g/mol. The summed E-state index contributed by atoms with van der Waals surface area (Å²) in [5, 5.41) is 9.76. The lowest BCUT2D eigenvalue weighted by Crippen LogP contribution is -2.53. The van der Waals surface area contributed by atoms with Crippen molar-refractivity contribution in [1.82, 2.24) is 24.9 Å². The number of hydrogen-bond acceptors (Lipinski definition) is 3. The smallest absolute Gasteiger partial charge is 0.317 e. The van der Waals surface area contributed by atoms with E-state index in [9.17, 15) is 9.59 Å². The molecule has 0 bridgehead atoms. The Morgan fingerprint density at radius 2 is 1.68 bits per heavy atom. The molecule has 0 unspecified atom stereocenters. The third-order valence-electron chi connectivity index (χ3n) is 6.38. The van der Waals surface area contributed by atoms with E-state index >= 15 is 0 Å². The molecule has 2 aliphatic rings. The van der Waals surface area contributed by atoms with Gasteiger partial charge in [0.25, 0.3) is 5.91 Å². The molecule has 0 radical (unpaired) electrons. The maximum atomic E-state index is 13.0. The van der Waals surface area contributed by atoms with Crippen LogP contribution in [0.2, 0.25) is 0 Å². The highest BCUT2D eigenvalue weighted by molar-refractivity contribution is 5.95. The summed E-state index contributed by atoms with van der Waals surface area (Å²) in [6, 6.07) is 14.3. The summed E-state index contributed by atoms with van der Waals surface area (Å²) in [6.45, 7) is 3.55. The minimum absolute atomic E-state index is 0.0407. The molecule has 31 heavy (non-hydrogen) atoms. The highest BCUT2D eigenvalue weighted by atomic mass is 16.2. The fourth-order valence-corrected chi connectivity index (χ4v) is 4.61. The van der Waals surface area contributed by atoms with E-state index in [4.69, 9.17) is 0 Å². The van der Waals surface area contributed by atoms with Crippen molar-refractivity contribution in [1.29, 1.82) is 0 Å². The number of urea groups is 1.